The van der Waals surface area contributed by atoms with Crippen LogP contribution in [0, 0.1) is 6.92 Å². The maximum absolute atomic E-state index is 12.7. The Morgan fingerprint density at radius 3 is 2.93 bits per heavy atom. The minimum Gasteiger partial charge on any atom is -0.479 e. The molecule has 1 amide bonds. The minimum absolute atomic E-state index is 0.0718. The Balaban J connectivity index is 1.70. The molecule has 0 aliphatic carbocycles. The Bertz CT molecular complexity index is 1030. The average Bonchev–Trinajstić information content (AvgIpc) is 3.29. The van der Waals surface area contributed by atoms with Crippen LogP contribution in [-0.4, -0.2) is 55.7 Å². The minimum atomic E-state index is -1.43. The highest BCUT2D eigenvalue weighted by molar-refractivity contribution is 5.97. The van der Waals surface area contributed by atoms with E-state index in [0.717, 1.165) is 16.5 Å². The summed E-state index contributed by atoms with van der Waals surface area (Å²) in [5, 5.41) is 22.0. The van der Waals surface area contributed by atoms with Crippen molar-refractivity contribution in [1.29, 1.82) is 0 Å². The second kappa shape index (κ2) is 6.44. The standard InChI is InChI=1S/C18H17N5O4/c1-11-15(16(24)20-18(17(25)26)6-8-27-10-18)21-22-23(11)14-4-2-3-12-9-19-7-5-13(12)14/h2-5,7,9H,6,8,10H2,1H3,(H,20,24)(H,25,26). The summed E-state index contributed by atoms with van der Waals surface area (Å²) in [5.41, 5.74) is -0.0840. The highest BCUT2D eigenvalue weighted by atomic mass is 16.5. The Kier molecular flexibility index (Phi) is 4.08. The summed E-state index contributed by atoms with van der Waals surface area (Å²) in [6.45, 7) is 1.92. The van der Waals surface area contributed by atoms with Crippen LogP contribution in [0.1, 0.15) is 22.6 Å². The van der Waals surface area contributed by atoms with Crippen LogP contribution in [0.4, 0.5) is 0 Å². The molecule has 0 radical (unpaired) electrons. The number of aliphatic carboxylic acids is 1. The first kappa shape index (κ1) is 17.1. The van der Waals surface area contributed by atoms with Crippen LogP contribution in [0.3, 0.4) is 0 Å². The molecule has 1 aliphatic rings. The lowest BCUT2D eigenvalue weighted by Crippen LogP contribution is -2.55. The van der Waals surface area contributed by atoms with Gasteiger partial charge in [-0.25, -0.2) is 9.48 Å². The van der Waals surface area contributed by atoms with Crippen molar-refractivity contribution in [3.8, 4) is 5.69 Å². The summed E-state index contributed by atoms with van der Waals surface area (Å²) in [4.78, 5) is 28.4. The lowest BCUT2D eigenvalue weighted by atomic mass is 9.99. The molecule has 3 heterocycles. The van der Waals surface area contributed by atoms with Crippen molar-refractivity contribution in [2.24, 2.45) is 0 Å². The topological polar surface area (TPSA) is 119 Å². The fourth-order valence-corrected chi connectivity index (χ4v) is 3.22. The van der Waals surface area contributed by atoms with E-state index in [0.29, 0.717) is 5.69 Å². The molecule has 1 saturated heterocycles. The van der Waals surface area contributed by atoms with E-state index in [1.807, 2.05) is 24.3 Å². The van der Waals surface area contributed by atoms with Gasteiger partial charge in [0.15, 0.2) is 11.2 Å². The number of hydrogen-bond donors (Lipinski definition) is 2. The molecule has 1 aliphatic heterocycles. The normalized spacial score (nSPS) is 19.3. The summed E-state index contributed by atoms with van der Waals surface area (Å²) in [5.74, 6) is -1.71. The first-order valence-electron chi connectivity index (χ1n) is 8.41. The van der Waals surface area contributed by atoms with Crippen molar-refractivity contribution >= 4 is 22.6 Å². The average molecular weight is 367 g/mol. The van der Waals surface area contributed by atoms with Gasteiger partial charge < -0.3 is 15.2 Å². The summed E-state index contributed by atoms with van der Waals surface area (Å²) in [6, 6.07) is 7.54. The van der Waals surface area contributed by atoms with Gasteiger partial charge in [0.2, 0.25) is 0 Å². The van der Waals surface area contributed by atoms with Gasteiger partial charge in [-0.2, -0.15) is 0 Å². The number of rotatable bonds is 4. The fraction of sp³-hybridized carbons (Fsp3) is 0.278. The third kappa shape index (κ3) is 2.81. The number of aromatic nitrogens is 4. The number of hydrogen-bond acceptors (Lipinski definition) is 6. The molecule has 0 saturated carbocycles. The van der Waals surface area contributed by atoms with Gasteiger partial charge >= 0.3 is 5.97 Å². The van der Waals surface area contributed by atoms with Crippen LogP contribution in [0.15, 0.2) is 36.7 Å². The van der Waals surface area contributed by atoms with Crippen molar-refractivity contribution in [1.82, 2.24) is 25.3 Å². The Hall–Kier alpha value is -3.33. The van der Waals surface area contributed by atoms with E-state index >= 15 is 0 Å². The van der Waals surface area contributed by atoms with Crippen molar-refractivity contribution < 1.29 is 19.4 Å². The number of nitrogens with one attached hydrogen (secondary N) is 1. The molecule has 1 unspecified atom stereocenters. The van der Waals surface area contributed by atoms with E-state index in [1.165, 1.54) is 0 Å². The highest BCUT2D eigenvalue weighted by Crippen LogP contribution is 2.23. The van der Waals surface area contributed by atoms with Gasteiger partial charge in [-0.15, -0.1) is 5.10 Å². The van der Waals surface area contributed by atoms with Gasteiger partial charge in [0, 0.05) is 36.2 Å². The number of carboxylic acid groups (broad SMARTS) is 1. The zero-order chi connectivity index (χ0) is 19.0. The van der Waals surface area contributed by atoms with Crippen LogP contribution < -0.4 is 5.32 Å². The van der Waals surface area contributed by atoms with Crippen LogP contribution in [0.2, 0.25) is 0 Å². The van der Waals surface area contributed by atoms with E-state index < -0.39 is 17.4 Å². The molecule has 0 bridgehead atoms. The second-order valence-corrected chi connectivity index (χ2v) is 6.45. The number of nitrogens with zero attached hydrogens (tertiary/aromatic N) is 4. The maximum atomic E-state index is 12.7. The zero-order valence-corrected chi connectivity index (χ0v) is 14.5. The molecule has 2 aromatic heterocycles. The number of carboxylic acids is 1. The second-order valence-electron chi connectivity index (χ2n) is 6.45. The molecule has 1 aromatic carbocycles. The Morgan fingerprint density at radius 2 is 2.19 bits per heavy atom. The zero-order valence-electron chi connectivity index (χ0n) is 14.5. The number of ether oxygens (including phenoxy) is 1. The SMILES string of the molecule is Cc1c(C(=O)NC2(C(=O)O)CCOC2)nnn1-c1cccc2cnccc12. The smallest absolute Gasteiger partial charge is 0.331 e. The lowest BCUT2D eigenvalue weighted by molar-refractivity contribution is -0.144. The quantitative estimate of drug-likeness (QED) is 0.708. The molecule has 0 spiro atoms. The summed E-state index contributed by atoms with van der Waals surface area (Å²) in [7, 11) is 0. The van der Waals surface area contributed by atoms with Gasteiger partial charge in [0.05, 0.1) is 18.0 Å². The van der Waals surface area contributed by atoms with E-state index in [1.54, 1.807) is 24.0 Å². The van der Waals surface area contributed by atoms with E-state index in [2.05, 4.69) is 20.6 Å². The fourth-order valence-electron chi connectivity index (χ4n) is 3.22. The van der Waals surface area contributed by atoms with Gasteiger partial charge in [-0.1, -0.05) is 17.3 Å². The highest BCUT2D eigenvalue weighted by Gasteiger charge is 2.44. The molecule has 1 atom stereocenters. The molecule has 9 heteroatoms. The number of amides is 1. The van der Waals surface area contributed by atoms with E-state index in [9.17, 15) is 14.7 Å². The molecule has 3 aromatic rings. The Morgan fingerprint density at radius 1 is 1.33 bits per heavy atom. The van der Waals surface area contributed by atoms with Crippen molar-refractivity contribution in [2.45, 2.75) is 18.9 Å². The van der Waals surface area contributed by atoms with Gasteiger partial charge in [0.25, 0.3) is 5.91 Å². The molecule has 4 rings (SSSR count). The molecule has 27 heavy (non-hydrogen) atoms. The number of benzene rings is 1. The van der Waals surface area contributed by atoms with Crippen LogP contribution in [0.25, 0.3) is 16.5 Å². The lowest BCUT2D eigenvalue weighted by Gasteiger charge is -2.23. The van der Waals surface area contributed by atoms with Crippen molar-refractivity contribution in [3.63, 3.8) is 0 Å². The van der Waals surface area contributed by atoms with Crippen LogP contribution >= 0.6 is 0 Å². The maximum Gasteiger partial charge on any atom is 0.331 e. The number of carbonyl (C=O) groups is 2. The van der Waals surface area contributed by atoms with Gasteiger partial charge in [0.1, 0.15) is 0 Å². The van der Waals surface area contributed by atoms with Crippen LogP contribution in [0.5, 0.6) is 0 Å². The monoisotopic (exact) mass is 367 g/mol. The third-order valence-corrected chi connectivity index (χ3v) is 4.78. The van der Waals surface area contributed by atoms with Gasteiger partial charge in [-0.3, -0.25) is 9.78 Å². The van der Waals surface area contributed by atoms with E-state index in [4.69, 9.17) is 4.74 Å². The predicted octanol–water partition coefficient (Wildman–Crippen LogP) is 1.10. The first-order chi connectivity index (χ1) is 13.0. The number of carbonyl (C=O) groups excluding carboxylic acids is 1. The molecule has 138 valence electrons. The van der Waals surface area contributed by atoms with Gasteiger partial charge in [-0.05, 0) is 19.1 Å². The molecule has 1 fully saturated rings. The van der Waals surface area contributed by atoms with Crippen molar-refractivity contribution in [2.75, 3.05) is 13.2 Å². The summed E-state index contributed by atoms with van der Waals surface area (Å²) < 4.78 is 6.73. The Labute approximate surface area is 154 Å². The molecule has 9 nitrogen and oxygen atoms in total. The summed E-state index contributed by atoms with van der Waals surface area (Å²) >= 11 is 0. The number of pyridine rings is 1. The summed E-state index contributed by atoms with van der Waals surface area (Å²) in [6.07, 6.45) is 3.63. The van der Waals surface area contributed by atoms with E-state index in [-0.39, 0.29) is 25.3 Å². The van der Waals surface area contributed by atoms with Crippen LogP contribution in [-0.2, 0) is 9.53 Å². The number of fused-ring (bicyclic) bond motifs is 1. The molecular formula is C18H17N5O4. The third-order valence-electron chi connectivity index (χ3n) is 4.78. The molecular weight excluding hydrogens is 350 g/mol. The van der Waals surface area contributed by atoms with Crippen molar-refractivity contribution in [3.05, 3.63) is 48.0 Å². The molecule has 2 N–H and O–H groups in total. The first-order valence-corrected chi connectivity index (χ1v) is 8.41. The largest absolute Gasteiger partial charge is 0.479 e. The predicted molar refractivity (Wildman–Crippen MR) is 94.7 cm³/mol.